The number of rotatable bonds is 53. The number of nitrogens with one attached hydrogen (secondary N) is 1. The van der Waals surface area contributed by atoms with E-state index in [2.05, 4.69) is 19.2 Å². The molecule has 3 unspecified atom stereocenters. The van der Waals surface area contributed by atoms with Crippen LogP contribution in [0.2, 0.25) is 0 Å². The van der Waals surface area contributed by atoms with Crippen LogP contribution in [0.25, 0.3) is 0 Å². The maximum Gasteiger partial charge on any atom is 0.222 e. The molecule has 0 saturated heterocycles. The Morgan fingerprint density at radius 2 is 0.661 bits per heavy atom. The van der Waals surface area contributed by atoms with Gasteiger partial charge in [-0.05, 0) is 19.3 Å². The van der Waals surface area contributed by atoms with Crippen LogP contribution in [-0.4, -0.2) is 46.1 Å². The van der Waals surface area contributed by atoms with Crippen molar-refractivity contribution in [3.8, 4) is 0 Å². The van der Waals surface area contributed by atoms with Gasteiger partial charge in [-0.2, -0.15) is 0 Å². The number of unbranched alkanes of at least 4 members (excludes halogenated alkanes) is 44. The predicted molar refractivity (Wildman–Crippen MR) is 273 cm³/mol. The summed E-state index contributed by atoms with van der Waals surface area (Å²) in [5, 5.41) is 33.4. The van der Waals surface area contributed by atoms with Crippen LogP contribution in [0.15, 0.2) is 12.2 Å². The molecule has 3 atom stereocenters. The highest BCUT2D eigenvalue weighted by molar-refractivity contribution is 5.76. The first-order chi connectivity index (χ1) is 30.5. The summed E-state index contributed by atoms with van der Waals surface area (Å²) in [6.07, 6.45) is 65.5. The Morgan fingerprint density at radius 3 is 0.935 bits per heavy atom. The maximum absolute atomic E-state index is 12.5. The molecular formula is C57H113NO4. The highest BCUT2D eigenvalue weighted by Crippen LogP contribution is 2.18. The molecular weight excluding hydrogens is 763 g/mol. The molecule has 370 valence electrons. The van der Waals surface area contributed by atoms with E-state index >= 15 is 0 Å². The van der Waals surface area contributed by atoms with Crippen molar-refractivity contribution in [2.75, 3.05) is 6.61 Å². The van der Waals surface area contributed by atoms with Gasteiger partial charge in [-0.3, -0.25) is 4.79 Å². The van der Waals surface area contributed by atoms with E-state index in [9.17, 15) is 20.1 Å². The van der Waals surface area contributed by atoms with Crippen molar-refractivity contribution in [2.45, 2.75) is 340 Å². The molecule has 1 amide bonds. The van der Waals surface area contributed by atoms with Gasteiger partial charge in [0.25, 0.3) is 0 Å². The number of aliphatic hydroxyl groups is 3. The van der Waals surface area contributed by atoms with Gasteiger partial charge >= 0.3 is 0 Å². The number of hydrogen-bond acceptors (Lipinski definition) is 4. The van der Waals surface area contributed by atoms with E-state index in [0.29, 0.717) is 6.42 Å². The lowest BCUT2D eigenvalue weighted by Crippen LogP contribution is -2.45. The smallest absolute Gasteiger partial charge is 0.222 e. The summed E-state index contributed by atoms with van der Waals surface area (Å²) < 4.78 is 0. The van der Waals surface area contributed by atoms with Gasteiger partial charge in [0.1, 0.15) is 0 Å². The van der Waals surface area contributed by atoms with Crippen molar-refractivity contribution >= 4 is 5.91 Å². The van der Waals surface area contributed by atoms with E-state index < -0.39 is 18.2 Å². The van der Waals surface area contributed by atoms with Crippen LogP contribution in [0.3, 0.4) is 0 Å². The summed E-state index contributed by atoms with van der Waals surface area (Å²) in [6.45, 7) is 4.25. The third-order valence-electron chi connectivity index (χ3n) is 13.6. The van der Waals surface area contributed by atoms with Gasteiger partial charge in [0.2, 0.25) is 5.91 Å². The second-order valence-corrected chi connectivity index (χ2v) is 19.9. The van der Waals surface area contributed by atoms with Crippen LogP contribution in [0.5, 0.6) is 0 Å². The molecule has 0 aromatic carbocycles. The normalized spacial score (nSPS) is 13.3. The average molecular weight is 877 g/mol. The second-order valence-electron chi connectivity index (χ2n) is 19.9. The fourth-order valence-corrected chi connectivity index (χ4v) is 9.23. The van der Waals surface area contributed by atoms with Gasteiger partial charge in [0.05, 0.1) is 31.3 Å². The SMILES string of the molecule is CCCCCCCCCCCCCCCC/C=C/C(O)C(CO)NC(=O)CC(O)CCCCCCCCCCCCCCCCCCCCCCCCCCCCCCCCC. The lowest BCUT2D eigenvalue weighted by molar-refractivity contribution is -0.124. The number of aliphatic hydroxyl groups excluding tert-OH is 3. The maximum atomic E-state index is 12.5. The molecule has 5 nitrogen and oxygen atoms in total. The summed E-state index contributed by atoms with van der Waals surface area (Å²) >= 11 is 0. The van der Waals surface area contributed by atoms with Gasteiger partial charge < -0.3 is 20.6 Å². The van der Waals surface area contributed by atoms with Crippen molar-refractivity contribution in [2.24, 2.45) is 0 Å². The van der Waals surface area contributed by atoms with Crippen LogP contribution >= 0.6 is 0 Å². The predicted octanol–water partition coefficient (Wildman–Crippen LogP) is 17.5. The molecule has 0 aliphatic heterocycles. The first kappa shape index (κ1) is 61.1. The largest absolute Gasteiger partial charge is 0.394 e. The Morgan fingerprint density at radius 1 is 0.403 bits per heavy atom. The highest BCUT2D eigenvalue weighted by atomic mass is 16.3. The summed E-state index contributed by atoms with van der Waals surface area (Å²) in [5.41, 5.74) is 0. The van der Waals surface area contributed by atoms with Crippen molar-refractivity contribution < 1.29 is 20.1 Å². The average Bonchev–Trinajstić information content (AvgIpc) is 3.27. The second kappa shape index (κ2) is 52.7. The van der Waals surface area contributed by atoms with Crippen molar-refractivity contribution in [1.29, 1.82) is 0 Å². The van der Waals surface area contributed by atoms with Crippen LogP contribution in [0.1, 0.15) is 322 Å². The first-order valence-corrected chi connectivity index (χ1v) is 28.5. The minimum atomic E-state index is -0.925. The number of carbonyl (C=O) groups is 1. The molecule has 5 heteroatoms. The van der Waals surface area contributed by atoms with E-state index in [1.165, 1.54) is 270 Å². The zero-order valence-electron chi connectivity index (χ0n) is 42.3. The Bertz CT molecular complexity index is 879. The molecule has 0 aromatic rings. The number of hydrogen-bond donors (Lipinski definition) is 4. The lowest BCUT2D eigenvalue weighted by atomic mass is 10.0. The van der Waals surface area contributed by atoms with E-state index in [-0.39, 0.29) is 18.9 Å². The fraction of sp³-hybridized carbons (Fsp3) is 0.947. The molecule has 0 aromatic heterocycles. The van der Waals surface area contributed by atoms with Gasteiger partial charge in [0, 0.05) is 0 Å². The Kier molecular flexibility index (Phi) is 51.9. The van der Waals surface area contributed by atoms with Gasteiger partial charge in [-0.15, -0.1) is 0 Å². The van der Waals surface area contributed by atoms with Crippen LogP contribution in [0.4, 0.5) is 0 Å². The zero-order chi connectivity index (χ0) is 45.1. The van der Waals surface area contributed by atoms with Gasteiger partial charge in [-0.25, -0.2) is 0 Å². The van der Waals surface area contributed by atoms with Crippen molar-refractivity contribution in [1.82, 2.24) is 5.32 Å². The first-order valence-electron chi connectivity index (χ1n) is 28.5. The zero-order valence-corrected chi connectivity index (χ0v) is 42.3. The highest BCUT2D eigenvalue weighted by Gasteiger charge is 2.20. The lowest BCUT2D eigenvalue weighted by Gasteiger charge is -2.21. The fourth-order valence-electron chi connectivity index (χ4n) is 9.23. The van der Waals surface area contributed by atoms with Crippen LogP contribution < -0.4 is 5.32 Å². The minimum absolute atomic E-state index is 0.0194. The summed E-state index contributed by atoms with van der Waals surface area (Å²) in [4.78, 5) is 12.5. The molecule has 0 aliphatic rings. The third kappa shape index (κ3) is 48.5. The standard InChI is InChI=1S/C57H113NO4/c1-3-5-7-9-11-13-15-17-19-21-22-23-24-25-26-27-28-29-30-31-32-33-34-35-36-38-40-42-44-46-48-50-54(60)52-57(62)58-55(53-59)56(61)51-49-47-45-43-41-39-37-20-18-16-14-12-10-8-6-4-2/h49,51,54-56,59-61H,3-48,50,52-53H2,1-2H3,(H,58,62)/b51-49+. The summed E-state index contributed by atoms with van der Waals surface area (Å²) in [7, 11) is 0. The summed E-state index contributed by atoms with van der Waals surface area (Å²) in [6, 6.07) is -0.740. The van der Waals surface area contributed by atoms with Crippen LogP contribution in [0, 0.1) is 0 Å². The molecule has 62 heavy (non-hydrogen) atoms. The molecule has 0 fully saturated rings. The molecule has 0 rings (SSSR count). The summed E-state index contributed by atoms with van der Waals surface area (Å²) in [5.74, 6) is -0.309. The minimum Gasteiger partial charge on any atom is -0.394 e. The number of allylic oxidation sites excluding steroid dienone is 1. The van der Waals surface area contributed by atoms with Gasteiger partial charge in [0.15, 0.2) is 0 Å². The molecule has 0 radical (unpaired) electrons. The Hall–Kier alpha value is -0.910. The molecule has 0 aliphatic carbocycles. The third-order valence-corrected chi connectivity index (χ3v) is 13.6. The number of amides is 1. The molecule has 0 bridgehead atoms. The number of carbonyl (C=O) groups excluding carboxylic acids is 1. The topological polar surface area (TPSA) is 89.8 Å². The molecule has 0 saturated carbocycles. The monoisotopic (exact) mass is 876 g/mol. The van der Waals surface area contributed by atoms with E-state index in [1.54, 1.807) is 6.08 Å². The Labute approximate surface area is 389 Å². The van der Waals surface area contributed by atoms with Crippen molar-refractivity contribution in [3.63, 3.8) is 0 Å². The van der Waals surface area contributed by atoms with Gasteiger partial charge in [-0.1, -0.05) is 309 Å². The van der Waals surface area contributed by atoms with E-state index in [4.69, 9.17) is 0 Å². The molecule has 4 N–H and O–H groups in total. The van der Waals surface area contributed by atoms with Crippen LogP contribution in [-0.2, 0) is 4.79 Å². The quantitative estimate of drug-likeness (QED) is 0.0362. The van der Waals surface area contributed by atoms with Crippen molar-refractivity contribution in [3.05, 3.63) is 12.2 Å². The molecule has 0 heterocycles. The van der Waals surface area contributed by atoms with E-state index in [1.807, 2.05) is 6.08 Å². The molecule has 0 spiro atoms. The van der Waals surface area contributed by atoms with E-state index in [0.717, 1.165) is 25.7 Å². The Balaban J connectivity index is 3.48.